The van der Waals surface area contributed by atoms with Gasteiger partial charge in [-0.15, -0.1) is 0 Å². The Morgan fingerprint density at radius 2 is 1.76 bits per heavy atom. The molecule has 2 aliphatic heterocycles. The van der Waals surface area contributed by atoms with Crippen LogP contribution in [-0.2, 0) is 4.79 Å². The summed E-state index contributed by atoms with van der Waals surface area (Å²) in [4.78, 5) is 13.8. The van der Waals surface area contributed by atoms with Gasteiger partial charge >= 0.3 is 0 Å². The Bertz CT molecular complexity index is 238. The van der Waals surface area contributed by atoms with Crippen molar-refractivity contribution in [3.63, 3.8) is 0 Å². The summed E-state index contributed by atoms with van der Waals surface area (Å²) in [5, 5.41) is 0. The number of hydrogen-bond donors (Lipinski definition) is 1. The molecule has 0 aromatic carbocycles. The SMILES string of the molecule is CC.CC.CC1(C)CCC2CC(N)CC(=O)N21. The highest BCUT2D eigenvalue weighted by Gasteiger charge is 2.45. The molecule has 2 atom stereocenters. The second-order valence-electron chi connectivity index (χ2n) is 4.97. The second-order valence-corrected chi connectivity index (χ2v) is 4.97. The number of fused-ring (bicyclic) bond motifs is 1. The quantitative estimate of drug-likeness (QED) is 0.710. The molecule has 2 rings (SSSR count). The highest BCUT2D eigenvalue weighted by atomic mass is 16.2. The van der Waals surface area contributed by atoms with Gasteiger partial charge in [-0.1, -0.05) is 27.7 Å². The van der Waals surface area contributed by atoms with Gasteiger partial charge in [0, 0.05) is 24.0 Å². The molecule has 3 nitrogen and oxygen atoms in total. The van der Waals surface area contributed by atoms with Crippen molar-refractivity contribution in [2.75, 3.05) is 0 Å². The number of hydrogen-bond acceptors (Lipinski definition) is 2. The Labute approximate surface area is 107 Å². The van der Waals surface area contributed by atoms with E-state index in [2.05, 4.69) is 18.7 Å². The number of piperidine rings is 1. The highest BCUT2D eigenvalue weighted by Crippen LogP contribution is 2.38. The first-order chi connectivity index (χ1) is 8.00. The van der Waals surface area contributed by atoms with E-state index in [-0.39, 0.29) is 17.5 Å². The maximum atomic E-state index is 11.7. The largest absolute Gasteiger partial charge is 0.334 e. The van der Waals surface area contributed by atoms with E-state index < -0.39 is 0 Å². The van der Waals surface area contributed by atoms with Gasteiger partial charge in [0.15, 0.2) is 0 Å². The first-order valence-electron chi connectivity index (χ1n) is 7.08. The van der Waals surface area contributed by atoms with Gasteiger partial charge < -0.3 is 10.6 Å². The van der Waals surface area contributed by atoms with E-state index in [0.29, 0.717) is 12.5 Å². The van der Waals surface area contributed by atoms with Crippen LogP contribution < -0.4 is 5.73 Å². The van der Waals surface area contributed by atoms with Gasteiger partial charge in [-0.25, -0.2) is 0 Å². The van der Waals surface area contributed by atoms with Crippen LogP contribution in [0.5, 0.6) is 0 Å². The van der Waals surface area contributed by atoms with Crippen molar-refractivity contribution in [3.05, 3.63) is 0 Å². The first-order valence-corrected chi connectivity index (χ1v) is 7.08. The van der Waals surface area contributed by atoms with Crippen LogP contribution in [0.2, 0.25) is 0 Å². The van der Waals surface area contributed by atoms with Gasteiger partial charge in [0.2, 0.25) is 5.91 Å². The minimum atomic E-state index is 0.0713. The zero-order valence-corrected chi connectivity index (χ0v) is 12.4. The predicted octanol–water partition coefficient (Wildman–Crippen LogP) is 2.93. The third-order valence-corrected chi connectivity index (χ3v) is 3.39. The summed E-state index contributed by atoms with van der Waals surface area (Å²) >= 11 is 0. The lowest BCUT2D eigenvalue weighted by atomic mass is 9.97. The van der Waals surface area contributed by atoms with Crippen LogP contribution in [0.1, 0.15) is 67.2 Å². The van der Waals surface area contributed by atoms with Crippen molar-refractivity contribution in [2.24, 2.45) is 5.73 Å². The van der Waals surface area contributed by atoms with Gasteiger partial charge in [0.05, 0.1) is 0 Å². The third kappa shape index (κ3) is 3.70. The van der Waals surface area contributed by atoms with Crippen LogP contribution in [0.4, 0.5) is 0 Å². The van der Waals surface area contributed by atoms with Gasteiger partial charge in [-0.3, -0.25) is 4.79 Å². The van der Waals surface area contributed by atoms with Crippen molar-refractivity contribution in [1.82, 2.24) is 4.90 Å². The molecule has 2 unspecified atom stereocenters. The molecule has 0 radical (unpaired) electrons. The van der Waals surface area contributed by atoms with Crippen LogP contribution >= 0.6 is 0 Å². The lowest BCUT2D eigenvalue weighted by Crippen LogP contribution is -2.53. The number of carbonyl (C=O) groups excluding carboxylic acids is 1. The topological polar surface area (TPSA) is 46.3 Å². The standard InChI is InChI=1S/C10H18N2O.2C2H6/c1-10(2)4-3-8-5-7(11)6-9(13)12(8)10;2*1-2/h7-8H,3-6,11H2,1-2H3;2*1-2H3. The molecule has 0 spiro atoms. The molecule has 102 valence electrons. The fourth-order valence-electron chi connectivity index (χ4n) is 2.78. The minimum absolute atomic E-state index is 0.0713. The van der Waals surface area contributed by atoms with Crippen LogP contribution in [0.25, 0.3) is 0 Å². The summed E-state index contributed by atoms with van der Waals surface area (Å²) in [7, 11) is 0. The molecule has 2 aliphatic rings. The Balaban J connectivity index is 0.000000581. The fourth-order valence-corrected chi connectivity index (χ4v) is 2.78. The number of carbonyl (C=O) groups is 1. The summed E-state index contributed by atoms with van der Waals surface area (Å²) in [5.74, 6) is 0.256. The van der Waals surface area contributed by atoms with Gasteiger partial charge in [0.1, 0.15) is 0 Å². The number of nitrogens with two attached hydrogens (primary N) is 1. The normalized spacial score (nSPS) is 29.6. The van der Waals surface area contributed by atoms with Crippen LogP contribution in [0, 0.1) is 0 Å². The lowest BCUT2D eigenvalue weighted by molar-refractivity contribution is -0.140. The Kier molecular flexibility index (Phi) is 6.76. The highest BCUT2D eigenvalue weighted by molar-refractivity contribution is 5.79. The van der Waals surface area contributed by atoms with E-state index >= 15 is 0 Å². The number of rotatable bonds is 0. The molecule has 0 aromatic heterocycles. The molecule has 0 aromatic rings. The van der Waals surface area contributed by atoms with E-state index in [9.17, 15) is 4.79 Å². The molecular formula is C14H30N2O. The predicted molar refractivity (Wildman–Crippen MR) is 73.9 cm³/mol. The van der Waals surface area contributed by atoms with Crippen molar-refractivity contribution in [1.29, 1.82) is 0 Å². The maximum Gasteiger partial charge on any atom is 0.224 e. The van der Waals surface area contributed by atoms with E-state index in [1.54, 1.807) is 0 Å². The molecule has 0 saturated carbocycles. The molecule has 2 N–H and O–H groups in total. The zero-order valence-electron chi connectivity index (χ0n) is 12.4. The molecule has 2 heterocycles. The summed E-state index contributed by atoms with van der Waals surface area (Å²) in [6, 6.07) is 0.522. The van der Waals surface area contributed by atoms with E-state index in [1.807, 2.05) is 27.7 Å². The van der Waals surface area contributed by atoms with Crippen molar-refractivity contribution >= 4 is 5.91 Å². The summed E-state index contributed by atoms with van der Waals surface area (Å²) in [6.07, 6.45) is 3.79. The number of amides is 1. The number of nitrogens with zero attached hydrogens (tertiary/aromatic N) is 1. The van der Waals surface area contributed by atoms with Crippen molar-refractivity contribution < 1.29 is 4.79 Å². The third-order valence-electron chi connectivity index (χ3n) is 3.39. The molecule has 0 aliphatic carbocycles. The van der Waals surface area contributed by atoms with Gasteiger partial charge in [0.25, 0.3) is 0 Å². The molecule has 17 heavy (non-hydrogen) atoms. The Morgan fingerprint density at radius 3 is 2.29 bits per heavy atom. The summed E-state index contributed by atoms with van der Waals surface area (Å²) < 4.78 is 0. The maximum absolute atomic E-state index is 11.7. The Hall–Kier alpha value is -0.570. The van der Waals surface area contributed by atoms with E-state index in [4.69, 9.17) is 5.73 Å². The summed E-state index contributed by atoms with van der Waals surface area (Å²) in [6.45, 7) is 12.3. The van der Waals surface area contributed by atoms with Crippen LogP contribution in [0.3, 0.4) is 0 Å². The molecule has 2 fully saturated rings. The van der Waals surface area contributed by atoms with Crippen LogP contribution in [0.15, 0.2) is 0 Å². The summed E-state index contributed by atoms with van der Waals surface area (Å²) in [5.41, 5.74) is 5.89. The second kappa shape index (κ2) is 7.00. The minimum Gasteiger partial charge on any atom is -0.334 e. The van der Waals surface area contributed by atoms with E-state index in [0.717, 1.165) is 19.3 Å². The molecule has 2 saturated heterocycles. The van der Waals surface area contributed by atoms with Crippen LogP contribution in [-0.4, -0.2) is 28.4 Å². The van der Waals surface area contributed by atoms with Crippen molar-refractivity contribution in [2.45, 2.75) is 84.8 Å². The molecule has 3 heteroatoms. The molecular weight excluding hydrogens is 212 g/mol. The zero-order chi connectivity index (χ0) is 13.6. The monoisotopic (exact) mass is 242 g/mol. The van der Waals surface area contributed by atoms with Gasteiger partial charge in [-0.05, 0) is 33.1 Å². The van der Waals surface area contributed by atoms with E-state index in [1.165, 1.54) is 0 Å². The smallest absolute Gasteiger partial charge is 0.224 e. The van der Waals surface area contributed by atoms with Crippen molar-refractivity contribution in [3.8, 4) is 0 Å². The average Bonchev–Trinajstić information content (AvgIpc) is 2.60. The fraction of sp³-hybridized carbons (Fsp3) is 0.929. The first kappa shape index (κ1) is 16.4. The Morgan fingerprint density at radius 1 is 1.24 bits per heavy atom. The van der Waals surface area contributed by atoms with Gasteiger partial charge in [-0.2, -0.15) is 0 Å². The average molecular weight is 242 g/mol. The lowest BCUT2D eigenvalue weighted by Gasteiger charge is -2.40. The molecule has 0 bridgehead atoms. The molecule has 1 amide bonds.